The zero-order valence-electron chi connectivity index (χ0n) is 36.6. The van der Waals surface area contributed by atoms with Crippen molar-refractivity contribution in [3.05, 3.63) is 255 Å². The number of rotatable bonds is 8. The van der Waals surface area contributed by atoms with E-state index in [1.165, 1.54) is 43.7 Å². The van der Waals surface area contributed by atoms with Crippen LogP contribution in [0.5, 0.6) is 0 Å². The van der Waals surface area contributed by atoms with Gasteiger partial charge in [-0.05, 0) is 93.2 Å². The lowest BCUT2D eigenvalue weighted by atomic mass is 9.97. The summed E-state index contributed by atoms with van der Waals surface area (Å²) in [6.45, 7) is 0. The molecule has 13 rings (SSSR count). The highest BCUT2D eigenvalue weighted by Gasteiger charge is 2.22. The molecule has 0 amide bonds. The molecule has 0 aliphatic heterocycles. The maximum atomic E-state index is 6.40. The second kappa shape index (κ2) is 16.0. The highest BCUT2D eigenvalue weighted by molar-refractivity contribution is 6.11. The first kappa shape index (κ1) is 38.5. The number of furan rings is 1. The average molecular weight is 855 g/mol. The Bertz CT molecular complexity index is 3910. The first-order chi connectivity index (χ1) is 33.2. The maximum Gasteiger partial charge on any atom is 0.143 e. The van der Waals surface area contributed by atoms with Crippen LogP contribution in [0.2, 0.25) is 0 Å². The van der Waals surface area contributed by atoms with Crippen LogP contribution in [0.1, 0.15) is 0 Å². The van der Waals surface area contributed by atoms with Crippen molar-refractivity contribution in [2.45, 2.75) is 0 Å². The molecular weight excluding hydrogens is 813 g/mol. The van der Waals surface area contributed by atoms with Crippen LogP contribution in [-0.2, 0) is 0 Å². The number of para-hydroxylation sites is 6. The third kappa shape index (κ3) is 6.51. The molecule has 0 aliphatic rings. The SMILES string of the molecule is c1ccc(N(c2ccc(-c3ccc(-c4cccc5c4oc4ccccc45)cc3)cc2)c2ccc(-c3cccc4ccccc34)cc2)c(-c2ccccc2-n2c3ccccc3c3ccccc32)c1. The highest BCUT2D eigenvalue weighted by atomic mass is 16.3. The molecule has 67 heavy (non-hydrogen) atoms. The second-order valence-electron chi connectivity index (χ2n) is 17.2. The van der Waals surface area contributed by atoms with Crippen molar-refractivity contribution in [3.63, 3.8) is 0 Å². The van der Waals surface area contributed by atoms with Gasteiger partial charge in [-0.15, -0.1) is 0 Å². The molecule has 0 bridgehead atoms. The highest BCUT2D eigenvalue weighted by Crippen LogP contribution is 2.45. The quantitative estimate of drug-likeness (QED) is 0.152. The number of nitrogens with zero attached hydrogens (tertiary/aromatic N) is 2. The second-order valence-corrected chi connectivity index (χ2v) is 17.2. The molecule has 3 heteroatoms. The third-order valence-corrected chi connectivity index (χ3v) is 13.4. The van der Waals surface area contributed by atoms with Crippen molar-refractivity contribution in [3.8, 4) is 50.2 Å². The summed E-state index contributed by atoms with van der Waals surface area (Å²) < 4.78 is 8.83. The molecule has 2 aromatic heterocycles. The van der Waals surface area contributed by atoms with Crippen molar-refractivity contribution in [2.75, 3.05) is 4.90 Å². The van der Waals surface area contributed by atoms with E-state index in [2.05, 4.69) is 252 Å². The predicted octanol–water partition coefficient (Wildman–Crippen LogP) is 18.0. The zero-order valence-corrected chi connectivity index (χ0v) is 36.6. The van der Waals surface area contributed by atoms with Crippen LogP contribution < -0.4 is 4.90 Å². The Kier molecular flexibility index (Phi) is 9.17. The molecule has 0 saturated carbocycles. The lowest BCUT2D eigenvalue weighted by molar-refractivity contribution is 0.670. The van der Waals surface area contributed by atoms with Gasteiger partial charge in [-0.3, -0.25) is 0 Å². The van der Waals surface area contributed by atoms with Crippen molar-refractivity contribution in [1.29, 1.82) is 0 Å². The molecule has 13 aromatic rings. The van der Waals surface area contributed by atoms with Gasteiger partial charge in [0.1, 0.15) is 11.2 Å². The Morgan fingerprint density at radius 3 is 1.49 bits per heavy atom. The minimum atomic E-state index is 0.909. The summed E-state index contributed by atoms with van der Waals surface area (Å²) in [5.41, 5.74) is 17.8. The summed E-state index contributed by atoms with van der Waals surface area (Å²) >= 11 is 0. The first-order valence-corrected chi connectivity index (χ1v) is 22.9. The lowest BCUT2D eigenvalue weighted by Crippen LogP contribution is -2.11. The van der Waals surface area contributed by atoms with Crippen LogP contribution >= 0.6 is 0 Å². The van der Waals surface area contributed by atoms with Crippen LogP contribution in [0.15, 0.2) is 259 Å². The van der Waals surface area contributed by atoms with Crippen LogP contribution in [0.25, 0.3) is 105 Å². The molecule has 0 atom stereocenters. The lowest BCUT2D eigenvalue weighted by Gasteiger charge is -2.29. The number of anilines is 3. The van der Waals surface area contributed by atoms with Gasteiger partial charge in [0.25, 0.3) is 0 Å². The molecule has 3 nitrogen and oxygen atoms in total. The minimum Gasteiger partial charge on any atom is -0.455 e. The van der Waals surface area contributed by atoms with Gasteiger partial charge in [0, 0.05) is 49.6 Å². The van der Waals surface area contributed by atoms with E-state index in [1.807, 2.05) is 12.1 Å². The Hall–Kier alpha value is -8.92. The molecule has 314 valence electrons. The molecular formula is C64H42N2O. The van der Waals surface area contributed by atoms with Gasteiger partial charge in [-0.1, -0.05) is 200 Å². The van der Waals surface area contributed by atoms with Gasteiger partial charge >= 0.3 is 0 Å². The number of hydrogen-bond donors (Lipinski definition) is 0. The summed E-state index contributed by atoms with van der Waals surface area (Å²) in [5, 5.41) is 7.24. The monoisotopic (exact) mass is 854 g/mol. The first-order valence-electron chi connectivity index (χ1n) is 22.9. The van der Waals surface area contributed by atoms with Gasteiger partial charge in [0.15, 0.2) is 0 Å². The topological polar surface area (TPSA) is 21.3 Å². The summed E-state index contributed by atoms with van der Waals surface area (Å²) in [4.78, 5) is 2.41. The molecule has 0 saturated heterocycles. The summed E-state index contributed by atoms with van der Waals surface area (Å²) in [5.74, 6) is 0. The summed E-state index contributed by atoms with van der Waals surface area (Å²) in [6.07, 6.45) is 0. The minimum absolute atomic E-state index is 0.909. The van der Waals surface area contributed by atoms with E-state index in [0.717, 1.165) is 78.1 Å². The molecule has 0 radical (unpaired) electrons. The van der Waals surface area contributed by atoms with E-state index in [-0.39, 0.29) is 0 Å². The van der Waals surface area contributed by atoms with Crippen LogP contribution in [0, 0.1) is 0 Å². The van der Waals surface area contributed by atoms with Crippen molar-refractivity contribution < 1.29 is 4.42 Å². The fraction of sp³-hybridized carbons (Fsp3) is 0. The van der Waals surface area contributed by atoms with Crippen molar-refractivity contribution >= 4 is 71.6 Å². The van der Waals surface area contributed by atoms with Gasteiger partial charge in [0.2, 0.25) is 0 Å². The molecule has 0 unspecified atom stereocenters. The standard InChI is InChI=1S/C64H42N2O/c1-2-17-50-45(15-1)16-13-23-51(50)46-37-41-49(42-38-46)65(48-39-35-44(36-40-48)43-31-33-47(34-32-43)52-24-14-25-58-57-22-7-12-30-63(57)67-64(52)58)59-26-8-3-18-53(59)54-19-4-9-27-60(54)66-61-28-10-5-20-55(61)56-21-6-11-29-62(56)66/h1-42H. The number of aromatic nitrogens is 1. The van der Waals surface area contributed by atoms with E-state index in [4.69, 9.17) is 4.42 Å². The predicted molar refractivity (Wildman–Crippen MR) is 282 cm³/mol. The Morgan fingerprint density at radius 2 is 0.761 bits per heavy atom. The van der Waals surface area contributed by atoms with Crippen LogP contribution in [0.3, 0.4) is 0 Å². The van der Waals surface area contributed by atoms with E-state index in [9.17, 15) is 0 Å². The molecule has 0 aliphatic carbocycles. The maximum absolute atomic E-state index is 6.40. The van der Waals surface area contributed by atoms with E-state index in [0.29, 0.717) is 0 Å². The smallest absolute Gasteiger partial charge is 0.143 e. The largest absolute Gasteiger partial charge is 0.455 e. The van der Waals surface area contributed by atoms with Gasteiger partial charge in [-0.25, -0.2) is 0 Å². The third-order valence-electron chi connectivity index (χ3n) is 13.4. The number of benzene rings is 11. The number of fused-ring (bicyclic) bond motifs is 7. The molecule has 2 heterocycles. The fourth-order valence-corrected chi connectivity index (χ4v) is 10.3. The van der Waals surface area contributed by atoms with E-state index in [1.54, 1.807) is 0 Å². The van der Waals surface area contributed by atoms with E-state index < -0.39 is 0 Å². The normalized spacial score (nSPS) is 11.6. The fourth-order valence-electron chi connectivity index (χ4n) is 10.3. The van der Waals surface area contributed by atoms with Gasteiger partial charge in [0.05, 0.1) is 22.4 Å². The number of hydrogen-bond acceptors (Lipinski definition) is 2. The Morgan fingerprint density at radius 1 is 0.299 bits per heavy atom. The van der Waals surface area contributed by atoms with E-state index >= 15 is 0 Å². The Balaban J connectivity index is 0.925. The van der Waals surface area contributed by atoms with Gasteiger partial charge in [-0.2, -0.15) is 0 Å². The molecule has 0 spiro atoms. The van der Waals surface area contributed by atoms with Crippen LogP contribution in [-0.4, -0.2) is 4.57 Å². The Labute approximate surface area is 388 Å². The average Bonchev–Trinajstić information content (AvgIpc) is 3.95. The molecule has 11 aromatic carbocycles. The van der Waals surface area contributed by atoms with Gasteiger partial charge < -0.3 is 13.9 Å². The summed E-state index contributed by atoms with van der Waals surface area (Å²) in [7, 11) is 0. The zero-order chi connectivity index (χ0) is 44.3. The summed E-state index contributed by atoms with van der Waals surface area (Å²) in [6, 6.07) is 91.9. The van der Waals surface area contributed by atoms with Crippen molar-refractivity contribution in [1.82, 2.24) is 4.57 Å². The van der Waals surface area contributed by atoms with Crippen LogP contribution in [0.4, 0.5) is 17.1 Å². The molecule has 0 N–H and O–H groups in total. The molecule has 0 fully saturated rings. The van der Waals surface area contributed by atoms with Crippen molar-refractivity contribution in [2.24, 2.45) is 0 Å².